The Kier molecular flexibility index (Phi) is 1.73. The van der Waals surface area contributed by atoms with Crippen molar-refractivity contribution in [2.24, 2.45) is 11.8 Å². The van der Waals surface area contributed by atoms with Gasteiger partial charge in [-0.3, -0.25) is 0 Å². The fourth-order valence-corrected chi connectivity index (χ4v) is 4.14. The van der Waals surface area contributed by atoms with Gasteiger partial charge in [0, 0.05) is 11.8 Å². The Balaban J connectivity index is 2.04. The number of nitrogens with one attached hydrogen (secondary N) is 1. The number of hydrogen-bond acceptors (Lipinski definition) is 2. The first-order chi connectivity index (χ1) is 5.14. The first kappa shape index (κ1) is 7.93. The summed E-state index contributed by atoms with van der Waals surface area (Å²) in [7, 11) is 0. The quantitative estimate of drug-likeness (QED) is 0.599. The molecule has 1 spiro atoms. The van der Waals surface area contributed by atoms with Gasteiger partial charge in [-0.1, -0.05) is 20.8 Å². The van der Waals surface area contributed by atoms with Crippen LogP contribution >= 0.6 is 11.8 Å². The summed E-state index contributed by atoms with van der Waals surface area (Å²) in [4.78, 5) is 0.485. The SMILES string of the molecule is CC1CNC2(CC(C)C2C)S1. The van der Waals surface area contributed by atoms with Crippen LogP contribution in [0.4, 0.5) is 0 Å². The highest BCUT2D eigenvalue weighted by Crippen LogP contribution is 2.54. The van der Waals surface area contributed by atoms with Crippen molar-refractivity contribution >= 4 is 11.8 Å². The summed E-state index contributed by atoms with van der Waals surface area (Å²) >= 11 is 2.16. The van der Waals surface area contributed by atoms with E-state index in [0.717, 1.165) is 17.1 Å². The van der Waals surface area contributed by atoms with E-state index in [1.165, 1.54) is 13.0 Å². The van der Waals surface area contributed by atoms with Gasteiger partial charge in [-0.05, 0) is 18.3 Å². The lowest BCUT2D eigenvalue weighted by molar-refractivity contribution is 0.116. The van der Waals surface area contributed by atoms with Crippen LogP contribution in [-0.4, -0.2) is 16.7 Å². The van der Waals surface area contributed by atoms with E-state index in [0.29, 0.717) is 4.87 Å². The van der Waals surface area contributed by atoms with Gasteiger partial charge in [0.1, 0.15) is 0 Å². The Morgan fingerprint density at radius 3 is 2.45 bits per heavy atom. The lowest BCUT2D eigenvalue weighted by Gasteiger charge is -2.50. The van der Waals surface area contributed by atoms with Crippen LogP contribution in [0.3, 0.4) is 0 Å². The molecular formula is C9H17NS. The highest BCUT2D eigenvalue weighted by molar-refractivity contribution is 8.01. The minimum Gasteiger partial charge on any atom is -0.301 e. The van der Waals surface area contributed by atoms with E-state index >= 15 is 0 Å². The van der Waals surface area contributed by atoms with E-state index in [1.807, 2.05) is 0 Å². The van der Waals surface area contributed by atoms with Crippen LogP contribution in [0, 0.1) is 11.8 Å². The lowest BCUT2D eigenvalue weighted by Crippen LogP contribution is -2.55. The van der Waals surface area contributed by atoms with Crippen LogP contribution in [0.15, 0.2) is 0 Å². The predicted molar refractivity (Wildman–Crippen MR) is 50.7 cm³/mol. The zero-order chi connectivity index (χ0) is 8.06. The summed E-state index contributed by atoms with van der Waals surface area (Å²) in [6.07, 6.45) is 1.38. The summed E-state index contributed by atoms with van der Waals surface area (Å²) in [5.41, 5.74) is 0. The van der Waals surface area contributed by atoms with Gasteiger partial charge in [-0.15, -0.1) is 11.8 Å². The molecule has 2 aliphatic rings. The lowest BCUT2D eigenvalue weighted by atomic mass is 9.71. The molecule has 4 atom stereocenters. The molecule has 0 aromatic heterocycles. The van der Waals surface area contributed by atoms with Crippen LogP contribution in [-0.2, 0) is 0 Å². The largest absolute Gasteiger partial charge is 0.301 e. The Labute approximate surface area is 73.3 Å². The van der Waals surface area contributed by atoms with Crippen molar-refractivity contribution in [3.63, 3.8) is 0 Å². The number of rotatable bonds is 0. The van der Waals surface area contributed by atoms with Crippen molar-refractivity contribution in [1.82, 2.24) is 5.32 Å². The molecule has 11 heavy (non-hydrogen) atoms. The van der Waals surface area contributed by atoms with E-state index < -0.39 is 0 Å². The molecule has 2 heteroatoms. The standard InChI is InChI=1S/C9H17NS/c1-6-4-9(8(6)3)10-5-7(2)11-9/h6-8,10H,4-5H2,1-3H3. The molecule has 1 N–H and O–H groups in total. The van der Waals surface area contributed by atoms with Crippen LogP contribution in [0.2, 0.25) is 0 Å². The van der Waals surface area contributed by atoms with E-state index in [4.69, 9.17) is 0 Å². The predicted octanol–water partition coefficient (Wildman–Crippen LogP) is 2.08. The van der Waals surface area contributed by atoms with Crippen molar-refractivity contribution < 1.29 is 0 Å². The van der Waals surface area contributed by atoms with Gasteiger partial charge in [-0.2, -0.15) is 0 Å². The monoisotopic (exact) mass is 171 g/mol. The van der Waals surface area contributed by atoms with Gasteiger partial charge in [0.05, 0.1) is 4.87 Å². The molecule has 0 bridgehead atoms. The summed E-state index contributed by atoms with van der Waals surface area (Å²) in [6, 6.07) is 0. The molecule has 1 aliphatic carbocycles. The zero-order valence-corrected chi connectivity index (χ0v) is 8.37. The Hall–Kier alpha value is 0.310. The molecule has 2 rings (SSSR count). The van der Waals surface area contributed by atoms with E-state index in [9.17, 15) is 0 Å². The minimum absolute atomic E-state index is 0.485. The molecule has 0 radical (unpaired) electrons. The number of hydrogen-bond donors (Lipinski definition) is 1. The molecule has 1 nitrogen and oxygen atoms in total. The van der Waals surface area contributed by atoms with Gasteiger partial charge in [-0.25, -0.2) is 0 Å². The summed E-state index contributed by atoms with van der Waals surface area (Å²) in [5.74, 6) is 1.80. The molecule has 0 aromatic rings. The average Bonchev–Trinajstić information content (AvgIpc) is 2.34. The third-order valence-corrected chi connectivity index (χ3v) is 4.99. The average molecular weight is 171 g/mol. The van der Waals surface area contributed by atoms with Crippen molar-refractivity contribution in [2.45, 2.75) is 37.3 Å². The minimum atomic E-state index is 0.485. The Bertz CT molecular complexity index is 167. The molecule has 1 aliphatic heterocycles. The van der Waals surface area contributed by atoms with Crippen molar-refractivity contribution in [1.29, 1.82) is 0 Å². The van der Waals surface area contributed by atoms with Crippen LogP contribution < -0.4 is 5.32 Å². The van der Waals surface area contributed by atoms with Gasteiger partial charge in [0.15, 0.2) is 0 Å². The maximum atomic E-state index is 3.66. The summed E-state index contributed by atoms with van der Waals surface area (Å²) in [6.45, 7) is 8.28. The molecule has 0 aromatic carbocycles. The fraction of sp³-hybridized carbons (Fsp3) is 1.00. The van der Waals surface area contributed by atoms with Crippen molar-refractivity contribution in [3.8, 4) is 0 Å². The highest BCUT2D eigenvalue weighted by atomic mass is 32.2. The van der Waals surface area contributed by atoms with Crippen LogP contribution in [0.1, 0.15) is 27.2 Å². The Morgan fingerprint density at radius 2 is 2.09 bits per heavy atom. The first-order valence-electron chi connectivity index (χ1n) is 4.57. The second-order valence-corrected chi connectivity index (χ2v) is 5.94. The van der Waals surface area contributed by atoms with Gasteiger partial charge >= 0.3 is 0 Å². The maximum Gasteiger partial charge on any atom is 0.0679 e. The zero-order valence-electron chi connectivity index (χ0n) is 7.55. The number of thioether (sulfide) groups is 1. The molecule has 1 heterocycles. The topological polar surface area (TPSA) is 12.0 Å². The molecule has 1 saturated heterocycles. The van der Waals surface area contributed by atoms with E-state index in [2.05, 4.69) is 37.8 Å². The van der Waals surface area contributed by atoms with Gasteiger partial charge < -0.3 is 5.32 Å². The van der Waals surface area contributed by atoms with Gasteiger partial charge in [0.2, 0.25) is 0 Å². The molecule has 0 amide bonds. The third-order valence-electron chi connectivity index (χ3n) is 3.31. The highest BCUT2D eigenvalue weighted by Gasteiger charge is 2.52. The molecule has 2 fully saturated rings. The first-order valence-corrected chi connectivity index (χ1v) is 5.45. The second kappa shape index (κ2) is 2.40. The Morgan fingerprint density at radius 1 is 1.36 bits per heavy atom. The molecule has 4 unspecified atom stereocenters. The van der Waals surface area contributed by atoms with Gasteiger partial charge in [0.25, 0.3) is 0 Å². The second-order valence-electron chi connectivity index (χ2n) is 4.17. The fourth-order valence-electron chi connectivity index (χ4n) is 2.29. The maximum absolute atomic E-state index is 3.66. The third kappa shape index (κ3) is 1.03. The van der Waals surface area contributed by atoms with Crippen molar-refractivity contribution in [3.05, 3.63) is 0 Å². The van der Waals surface area contributed by atoms with Crippen LogP contribution in [0.25, 0.3) is 0 Å². The smallest absolute Gasteiger partial charge is 0.0679 e. The summed E-state index contributed by atoms with van der Waals surface area (Å²) in [5, 5.41) is 4.49. The molecular weight excluding hydrogens is 154 g/mol. The molecule has 1 saturated carbocycles. The normalized spacial score (nSPS) is 56.5. The van der Waals surface area contributed by atoms with E-state index in [1.54, 1.807) is 0 Å². The summed E-state index contributed by atoms with van der Waals surface area (Å²) < 4.78 is 0. The van der Waals surface area contributed by atoms with Crippen LogP contribution in [0.5, 0.6) is 0 Å². The molecule has 64 valence electrons. The van der Waals surface area contributed by atoms with E-state index in [-0.39, 0.29) is 0 Å². The van der Waals surface area contributed by atoms with Crippen molar-refractivity contribution in [2.75, 3.05) is 6.54 Å².